The molecule has 1 heterocycles. The quantitative estimate of drug-likeness (QED) is 0.252. The summed E-state index contributed by atoms with van der Waals surface area (Å²) >= 11 is 1.31. The van der Waals surface area contributed by atoms with Crippen LogP contribution in [0.5, 0.6) is 0 Å². The molecule has 0 saturated carbocycles. The molecule has 0 saturated heterocycles. The molecule has 4 rings (SSSR count). The Morgan fingerprint density at radius 1 is 0.967 bits per heavy atom. The van der Waals surface area contributed by atoms with E-state index in [1.54, 1.807) is 10.6 Å². The Morgan fingerprint density at radius 3 is 2.47 bits per heavy atom. The molecule has 0 radical (unpaired) electrons. The molecule has 0 amide bonds. The van der Waals surface area contributed by atoms with Gasteiger partial charge in [-0.1, -0.05) is 78.0 Å². The van der Waals surface area contributed by atoms with Crippen molar-refractivity contribution in [3.8, 4) is 0 Å². The zero-order valence-corrected chi connectivity index (χ0v) is 17.8. The molecule has 0 fully saturated rings. The molecular formula is C25H22N2O2S. The molecule has 150 valence electrons. The number of carbonyl (C=O) groups is 1. The van der Waals surface area contributed by atoms with Gasteiger partial charge in [-0.2, -0.15) is 0 Å². The number of aromatic nitrogens is 2. The average molecular weight is 415 g/mol. The van der Waals surface area contributed by atoms with Crippen molar-refractivity contribution < 1.29 is 4.79 Å². The van der Waals surface area contributed by atoms with Gasteiger partial charge in [0.2, 0.25) is 0 Å². The second kappa shape index (κ2) is 8.67. The third kappa shape index (κ3) is 4.21. The van der Waals surface area contributed by atoms with Crippen LogP contribution in [0.2, 0.25) is 0 Å². The lowest BCUT2D eigenvalue weighted by molar-refractivity contribution is 0.102. The normalized spacial score (nSPS) is 11.0. The molecule has 1 aromatic heterocycles. The van der Waals surface area contributed by atoms with Crippen molar-refractivity contribution in [3.05, 3.63) is 105 Å². The highest BCUT2D eigenvalue weighted by atomic mass is 32.2. The molecule has 4 aromatic rings. The van der Waals surface area contributed by atoms with E-state index in [9.17, 15) is 9.59 Å². The largest absolute Gasteiger partial charge is 0.293 e. The van der Waals surface area contributed by atoms with Crippen LogP contribution in [0.25, 0.3) is 10.9 Å². The van der Waals surface area contributed by atoms with Gasteiger partial charge in [0.05, 0.1) is 23.2 Å². The number of nitrogens with zero attached hydrogens (tertiary/aromatic N) is 2. The second-order valence-electron chi connectivity index (χ2n) is 7.32. The van der Waals surface area contributed by atoms with Crippen molar-refractivity contribution in [3.63, 3.8) is 0 Å². The fourth-order valence-corrected chi connectivity index (χ4v) is 4.38. The topological polar surface area (TPSA) is 52.0 Å². The molecule has 30 heavy (non-hydrogen) atoms. The molecule has 0 atom stereocenters. The SMILES string of the molecule is Cc1ccc(C(=O)CSc2nc3ccccc3c(=O)n2Cc2ccccc2)c(C)c1. The maximum atomic E-state index is 13.2. The molecule has 0 unspecified atom stereocenters. The fourth-order valence-electron chi connectivity index (χ4n) is 3.50. The first-order valence-corrected chi connectivity index (χ1v) is 10.8. The van der Waals surface area contributed by atoms with Crippen molar-refractivity contribution in [2.24, 2.45) is 0 Å². The first-order chi connectivity index (χ1) is 14.5. The van der Waals surface area contributed by atoms with E-state index < -0.39 is 0 Å². The summed E-state index contributed by atoms with van der Waals surface area (Å²) < 4.78 is 1.66. The number of hydrogen-bond donors (Lipinski definition) is 0. The number of rotatable bonds is 6. The van der Waals surface area contributed by atoms with Crippen LogP contribution in [0, 0.1) is 13.8 Å². The van der Waals surface area contributed by atoms with Gasteiger partial charge in [-0.3, -0.25) is 14.2 Å². The molecule has 0 bridgehead atoms. The smallest absolute Gasteiger partial charge is 0.262 e. The minimum atomic E-state index is -0.0917. The summed E-state index contributed by atoms with van der Waals surface area (Å²) in [5.74, 6) is 0.259. The Balaban J connectivity index is 1.69. The highest BCUT2D eigenvalue weighted by Gasteiger charge is 2.15. The molecule has 0 aliphatic carbocycles. The van der Waals surface area contributed by atoms with Gasteiger partial charge in [-0.25, -0.2) is 4.98 Å². The van der Waals surface area contributed by atoms with Crippen LogP contribution in [0.1, 0.15) is 27.0 Å². The molecule has 0 aliphatic rings. The number of para-hydroxylation sites is 1. The molecular weight excluding hydrogens is 392 g/mol. The summed E-state index contributed by atoms with van der Waals surface area (Å²) in [5, 5.41) is 1.14. The number of aryl methyl sites for hydroxylation is 2. The number of hydrogen-bond acceptors (Lipinski definition) is 4. The van der Waals surface area contributed by atoms with Crippen molar-refractivity contribution in [1.29, 1.82) is 0 Å². The Kier molecular flexibility index (Phi) is 5.81. The van der Waals surface area contributed by atoms with E-state index in [0.29, 0.717) is 28.2 Å². The van der Waals surface area contributed by atoms with Gasteiger partial charge in [-0.15, -0.1) is 0 Å². The third-order valence-electron chi connectivity index (χ3n) is 5.02. The van der Waals surface area contributed by atoms with Gasteiger partial charge in [0.1, 0.15) is 0 Å². The Hall–Kier alpha value is -3.18. The Labute approximate surface area is 179 Å². The summed E-state index contributed by atoms with van der Waals surface area (Å²) in [4.78, 5) is 30.7. The number of thioether (sulfide) groups is 1. The number of Topliss-reactive ketones (excluding diaryl/α,β-unsaturated/α-hetero) is 1. The molecule has 5 heteroatoms. The molecule has 4 nitrogen and oxygen atoms in total. The summed E-state index contributed by atoms with van der Waals surface area (Å²) in [6, 6.07) is 23.0. The Bertz CT molecular complexity index is 1280. The third-order valence-corrected chi connectivity index (χ3v) is 6.00. The maximum absolute atomic E-state index is 13.2. The standard InChI is InChI=1S/C25H22N2O2S/c1-17-12-13-20(18(2)14-17)23(28)16-30-25-26-22-11-7-6-10-21(22)24(29)27(25)15-19-8-4-3-5-9-19/h3-14H,15-16H2,1-2H3. The van der Waals surface area contributed by atoms with E-state index >= 15 is 0 Å². The van der Waals surface area contributed by atoms with E-state index in [0.717, 1.165) is 16.7 Å². The summed E-state index contributed by atoms with van der Waals surface area (Å²) in [6.07, 6.45) is 0. The van der Waals surface area contributed by atoms with E-state index in [-0.39, 0.29) is 17.1 Å². The van der Waals surface area contributed by atoms with Gasteiger partial charge in [0.25, 0.3) is 5.56 Å². The maximum Gasteiger partial charge on any atom is 0.262 e. The lowest BCUT2D eigenvalue weighted by Gasteiger charge is -2.13. The van der Waals surface area contributed by atoms with Crippen LogP contribution >= 0.6 is 11.8 Å². The highest BCUT2D eigenvalue weighted by Crippen LogP contribution is 2.21. The zero-order valence-electron chi connectivity index (χ0n) is 17.0. The number of carbonyl (C=O) groups excluding carboxylic acids is 1. The number of fused-ring (bicyclic) bond motifs is 1. The predicted molar refractivity (Wildman–Crippen MR) is 123 cm³/mol. The van der Waals surface area contributed by atoms with Crippen LogP contribution in [0.15, 0.2) is 82.7 Å². The van der Waals surface area contributed by atoms with Crippen molar-refractivity contribution >= 4 is 28.4 Å². The molecule has 0 spiro atoms. The van der Waals surface area contributed by atoms with Gasteiger partial charge in [0.15, 0.2) is 10.9 Å². The van der Waals surface area contributed by atoms with E-state index in [1.165, 1.54) is 11.8 Å². The van der Waals surface area contributed by atoms with Gasteiger partial charge < -0.3 is 0 Å². The summed E-state index contributed by atoms with van der Waals surface area (Å²) in [6.45, 7) is 4.37. The van der Waals surface area contributed by atoms with Crippen LogP contribution in [-0.2, 0) is 6.54 Å². The monoisotopic (exact) mass is 414 g/mol. The van der Waals surface area contributed by atoms with Crippen LogP contribution < -0.4 is 5.56 Å². The summed E-state index contributed by atoms with van der Waals surface area (Å²) in [5.41, 5.74) is 4.38. The van der Waals surface area contributed by atoms with Crippen LogP contribution in [-0.4, -0.2) is 21.1 Å². The van der Waals surface area contributed by atoms with E-state index in [4.69, 9.17) is 4.98 Å². The van der Waals surface area contributed by atoms with Crippen molar-refractivity contribution in [2.75, 3.05) is 5.75 Å². The number of benzene rings is 3. The second-order valence-corrected chi connectivity index (χ2v) is 8.26. The lowest BCUT2D eigenvalue weighted by Crippen LogP contribution is -2.24. The molecule has 0 N–H and O–H groups in total. The van der Waals surface area contributed by atoms with E-state index in [1.807, 2.05) is 80.6 Å². The minimum Gasteiger partial charge on any atom is -0.293 e. The molecule has 0 aliphatic heterocycles. The van der Waals surface area contributed by atoms with Crippen LogP contribution in [0.4, 0.5) is 0 Å². The first-order valence-electron chi connectivity index (χ1n) is 9.79. The van der Waals surface area contributed by atoms with E-state index in [2.05, 4.69) is 0 Å². The predicted octanol–water partition coefficient (Wildman–Crippen LogP) is 5.04. The highest BCUT2D eigenvalue weighted by molar-refractivity contribution is 7.99. The molecule has 3 aromatic carbocycles. The van der Waals surface area contributed by atoms with Gasteiger partial charge >= 0.3 is 0 Å². The van der Waals surface area contributed by atoms with Crippen molar-refractivity contribution in [1.82, 2.24) is 9.55 Å². The van der Waals surface area contributed by atoms with Gasteiger partial charge in [-0.05, 0) is 37.1 Å². The fraction of sp³-hybridized carbons (Fsp3) is 0.160. The Morgan fingerprint density at radius 2 is 1.70 bits per heavy atom. The first kappa shape index (κ1) is 20.1. The number of ketones is 1. The van der Waals surface area contributed by atoms with Crippen molar-refractivity contribution in [2.45, 2.75) is 25.5 Å². The van der Waals surface area contributed by atoms with Gasteiger partial charge in [0, 0.05) is 5.56 Å². The summed E-state index contributed by atoms with van der Waals surface area (Å²) in [7, 11) is 0. The lowest BCUT2D eigenvalue weighted by atomic mass is 10.0. The minimum absolute atomic E-state index is 0.0335. The average Bonchev–Trinajstić information content (AvgIpc) is 2.75. The zero-order chi connectivity index (χ0) is 21.1. The van der Waals surface area contributed by atoms with Crippen LogP contribution in [0.3, 0.4) is 0 Å².